The lowest BCUT2D eigenvalue weighted by Crippen LogP contribution is -2.35. The maximum atomic E-state index is 6.36. The highest BCUT2D eigenvalue weighted by atomic mass is 16.5. The number of rotatable bonds is 5. The van der Waals surface area contributed by atoms with Gasteiger partial charge in [-0.1, -0.05) is 6.92 Å². The molecule has 0 unspecified atom stereocenters. The molecule has 1 aliphatic rings. The third kappa shape index (κ3) is 3.67. The fraction of sp³-hybridized carbons (Fsp3) is 0.458. The molecule has 0 spiro atoms. The van der Waals surface area contributed by atoms with Gasteiger partial charge in [0.15, 0.2) is 5.65 Å². The summed E-state index contributed by atoms with van der Waals surface area (Å²) in [6.45, 7) is 4.26. The van der Waals surface area contributed by atoms with Crippen LogP contribution >= 0.6 is 0 Å². The van der Waals surface area contributed by atoms with Gasteiger partial charge in [0, 0.05) is 17.8 Å². The number of hydrogen-bond acceptors (Lipinski definition) is 5. The van der Waals surface area contributed by atoms with Crippen LogP contribution in [0.15, 0.2) is 30.7 Å². The lowest BCUT2D eigenvalue weighted by atomic mass is 9.92. The monoisotopic (exact) mass is 418 g/mol. The van der Waals surface area contributed by atoms with E-state index in [-0.39, 0.29) is 6.10 Å². The molecule has 0 radical (unpaired) electrons. The smallest absolute Gasteiger partial charge is 0.240 e. The van der Waals surface area contributed by atoms with Gasteiger partial charge < -0.3 is 9.64 Å². The predicted molar refractivity (Wildman–Crippen MR) is 123 cm³/mol. The first kappa shape index (κ1) is 20.0. The van der Waals surface area contributed by atoms with Crippen LogP contribution in [0.5, 0.6) is 5.88 Å². The molecule has 1 aromatic carbocycles. The van der Waals surface area contributed by atoms with Crippen LogP contribution in [0.1, 0.15) is 43.7 Å². The third-order valence-electron chi connectivity index (χ3n) is 6.66. The average Bonchev–Trinajstić information content (AvgIpc) is 3.40. The summed E-state index contributed by atoms with van der Waals surface area (Å²) in [5, 5.41) is 13.1. The average molecular weight is 419 g/mol. The van der Waals surface area contributed by atoms with Crippen LogP contribution in [0.25, 0.3) is 27.7 Å². The molecule has 0 aliphatic heterocycles. The Kier molecular flexibility index (Phi) is 5.14. The summed E-state index contributed by atoms with van der Waals surface area (Å²) in [5.74, 6) is 0.729. The molecular formula is C24H30N6O. The quantitative estimate of drug-likeness (QED) is 0.520. The zero-order valence-corrected chi connectivity index (χ0v) is 18.7. The molecular weight excluding hydrogens is 388 g/mol. The van der Waals surface area contributed by atoms with Gasteiger partial charge in [-0.15, -0.1) is 5.10 Å². The summed E-state index contributed by atoms with van der Waals surface area (Å²) in [7, 11) is 4.33. The van der Waals surface area contributed by atoms with E-state index in [0.717, 1.165) is 52.8 Å². The maximum absolute atomic E-state index is 6.36. The fourth-order valence-electron chi connectivity index (χ4n) is 4.81. The Morgan fingerprint density at radius 3 is 2.71 bits per heavy atom. The Labute approximate surface area is 182 Å². The Hall–Kier alpha value is -2.93. The van der Waals surface area contributed by atoms with Crippen LogP contribution in [0, 0.1) is 6.92 Å². The van der Waals surface area contributed by atoms with E-state index in [2.05, 4.69) is 71.3 Å². The molecule has 1 fully saturated rings. The molecule has 3 heterocycles. The molecule has 5 rings (SSSR count). The van der Waals surface area contributed by atoms with E-state index in [1.807, 2.05) is 10.7 Å². The summed E-state index contributed by atoms with van der Waals surface area (Å²) in [4.78, 5) is 6.66. The normalized spacial score (nSPS) is 19.5. The number of ether oxygens (including phenoxy) is 1. The molecule has 0 amide bonds. The molecule has 1 aliphatic carbocycles. The minimum absolute atomic E-state index is 0.241. The molecule has 31 heavy (non-hydrogen) atoms. The van der Waals surface area contributed by atoms with Gasteiger partial charge >= 0.3 is 0 Å². The van der Waals surface area contributed by atoms with Gasteiger partial charge in [0.2, 0.25) is 5.88 Å². The highest BCUT2D eigenvalue weighted by Gasteiger charge is 2.25. The first-order valence-electron chi connectivity index (χ1n) is 11.2. The van der Waals surface area contributed by atoms with Gasteiger partial charge in [-0.25, -0.2) is 9.50 Å². The number of hydrogen-bond donors (Lipinski definition) is 1. The summed E-state index contributed by atoms with van der Waals surface area (Å²) in [5.41, 5.74) is 6.60. The van der Waals surface area contributed by atoms with Gasteiger partial charge in [-0.05, 0) is 88.0 Å². The summed E-state index contributed by atoms with van der Waals surface area (Å²) >= 11 is 0. The number of aryl methyl sites for hydroxylation is 2. The zero-order chi connectivity index (χ0) is 21.5. The first-order chi connectivity index (χ1) is 15.0. The highest BCUT2D eigenvalue weighted by molar-refractivity contribution is 5.90. The van der Waals surface area contributed by atoms with Crippen molar-refractivity contribution in [3.63, 3.8) is 0 Å². The van der Waals surface area contributed by atoms with Gasteiger partial charge in [0.1, 0.15) is 12.4 Å². The molecule has 1 saturated carbocycles. The van der Waals surface area contributed by atoms with Crippen LogP contribution in [0.2, 0.25) is 0 Å². The van der Waals surface area contributed by atoms with E-state index in [0.29, 0.717) is 6.04 Å². The number of nitrogens with zero attached hydrogens (tertiary/aromatic N) is 5. The molecule has 0 atom stereocenters. The summed E-state index contributed by atoms with van der Waals surface area (Å²) in [6.07, 6.45) is 9.32. The molecule has 0 saturated heterocycles. The predicted octanol–water partition coefficient (Wildman–Crippen LogP) is 4.40. The van der Waals surface area contributed by atoms with Crippen LogP contribution < -0.4 is 4.74 Å². The van der Waals surface area contributed by atoms with Crippen molar-refractivity contribution in [2.75, 3.05) is 14.1 Å². The lowest BCUT2D eigenvalue weighted by molar-refractivity contribution is 0.108. The maximum Gasteiger partial charge on any atom is 0.240 e. The largest absolute Gasteiger partial charge is 0.473 e. The van der Waals surface area contributed by atoms with E-state index in [4.69, 9.17) is 4.74 Å². The number of nitrogens with one attached hydrogen (secondary N) is 1. The van der Waals surface area contributed by atoms with Crippen molar-refractivity contribution >= 4 is 16.6 Å². The Morgan fingerprint density at radius 1 is 1.16 bits per heavy atom. The molecule has 3 aromatic heterocycles. The van der Waals surface area contributed by atoms with Crippen LogP contribution in [0.3, 0.4) is 0 Å². The molecule has 4 aromatic rings. The number of fused-ring (bicyclic) bond motifs is 2. The second-order valence-corrected chi connectivity index (χ2v) is 8.89. The van der Waals surface area contributed by atoms with Crippen molar-refractivity contribution in [2.45, 2.75) is 58.1 Å². The Morgan fingerprint density at radius 2 is 1.97 bits per heavy atom. The van der Waals surface area contributed by atoms with Crippen LogP contribution in [-0.2, 0) is 6.42 Å². The molecule has 0 bridgehead atoms. The van der Waals surface area contributed by atoms with Crippen molar-refractivity contribution in [1.82, 2.24) is 29.7 Å². The number of aromatic nitrogens is 5. The molecule has 7 heteroatoms. The Balaban J connectivity index is 1.46. The van der Waals surface area contributed by atoms with Gasteiger partial charge in [-0.3, -0.25) is 5.10 Å². The number of pyridine rings is 1. The Bertz CT molecular complexity index is 1220. The second kappa shape index (κ2) is 7.96. The minimum Gasteiger partial charge on any atom is -0.473 e. The van der Waals surface area contributed by atoms with Crippen molar-refractivity contribution in [2.24, 2.45) is 0 Å². The summed E-state index contributed by atoms with van der Waals surface area (Å²) < 4.78 is 8.21. The van der Waals surface area contributed by atoms with Crippen molar-refractivity contribution in [3.8, 4) is 17.0 Å². The van der Waals surface area contributed by atoms with Crippen LogP contribution in [0.4, 0.5) is 0 Å². The van der Waals surface area contributed by atoms with E-state index < -0.39 is 0 Å². The second-order valence-electron chi connectivity index (χ2n) is 8.89. The lowest BCUT2D eigenvalue weighted by Gasteiger charge is -2.32. The molecule has 7 nitrogen and oxygen atoms in total. The fourth-order valence-corrected chi connectivity index (χ4v) is 4.81. The van der Waals surface area contributed by atoms with E-state index >= 15 is 0 Å². The standard InChI is InChI=1S/C24H30N6O/c1-5-16-11-21-22(12-20(16)17-10-15(2)23-25-14-26-30(23)13-17)27-28-24(21)31-19-8-6-18(7-9-19)29(3)4/h10-14,18-19H,5-9H2,1-4H3,(H,27,28). The van der Waals surface area contributed by atoms with Crippen molar-refractivity contribution in [3.05, 3.63) is 41.9 Å². The third-order valence-corrected chi connectivity index (χ3v) is 6.66. The van der Waals surface area contributed by atoms with Gasteiger partial charge in [0.05, 0.1) is 10.9 Å². The summed E-state index contributed by atoms with van der Waals surface area (Å²) in [6, 6.07) is 7.27. The minimum atomic E-state index is 0.241. The van der Waals surface area contributed by atoms with Crippen LogP contribution in [-0.4, -0.2) is 55.9 Å². The van der Waals surface area contributed by atoms with E-state index in [1.165, 1.54) is 24.0 Å². The van der Waals surface area contributed by atoms with E-state index in [1.54, 1.807) is 6.33 Å². The van der Waals surface area contributed by atoms with Gasteiger partial charge in [-0.2, -0.15) is 5.10 Å². The topological polar surface area (TPSA) is 71.3 Å². The number of benzene rings is 1. The van der Waals surface area contributed by atoms with E-state index in [9.17, 15) is 0 Å². The highest BCUT2D eigenvalue weighted by Crippen LogP contribution is 2.34. The van der Waals surface area contributed by atoms with Gasteiger partial charge in [0.25, 0.3) is 0 Å². The zero-order valence-electron chi connectivity index (χ0n) is 18.7. The van der Waals surface area contributed by atoms with Crippen molar-refractivity contribution < 1.29 is 4.74 Å². The SMILES string of the molecule is CCc1cc2c(OC3CCC(N(C)C)CC3)n[nH]c2cc1-c1cc(C)c2ncnn2c1. The molecule has 162 valence electrons. The number of aromatic amines is 1. The van der Waals surface area contributed by atoms with Crippen molar-refractivity contribution in [1.29, 1.82) is 0 Å². The molecule has 1 N–H and O–H groups in total. The number of H-pyrrole nitrogens is 1. The first-order valence-corrected chi connectivity index (χ1v) is 11.2.